The summed E-state index contributed by atoms with van der Waals surface area (Å²) in [5.74, 6) is 0. The number of benzene rings is 2. The minimum absolute atomic E-state index is 0. The van der Waals surface area contributed by atoms with E-state index in [0.717, 1.165) is 49.4 Å². The molecule has 8 rings (SSSR count). The van der Waals surface area contributed by atoms with E-state index in [0.29, 0.717) is 5.71 Å². The van der Waals surface area contributed by atoms with E-state index in [9.17, 15) is 0 Å². The Labute approximate surface area is 256 Å². The topological polar surface area (TPSA) is 51.8 Å². The van der Waals surface area contributed by atoms with Crippen LogP contribution in [0.3, 0.4) is 0 Å². The van der Waals surface area contributed by atoms with E-state index in [2.05, 4.69) is 46.4 Å². The van der Waals surface area contributed by atoms with Crippen molar-refractivity contribution in [2.24, 2.45) is 0 Å². The van der Waals surface area contributed by atoms with E-state index in [1.807, 2.05) is 79.9 Å². The van der Waals surface area contributed by atoms with Crippen molar-refractivity contribution in [3.63, 3.8) is 0 Å². The summed E-state index contributed by atoms with van der Waals surface area (Å²) < 4.78 is 6.13. The predicted octanol–water partition coefficient (Wildman–Crippen LogP) is 9.10. The number of hydrogen-bond donors (Lipinski definition) is 0. The predicted molar refractivity (Wildman–Crippen MR) is 164 cm³/mol. The summed E-state index contributed by atoms with van der Waals surface area (Å²) in [6, 6.07) is 30.9. The molecule has 0 saturated carbocycles. The van der Waals surface area contributed by atoms with Crippen molar-refractivity contribution < 1.29 is 24.5 Å². The van der Waals surface area contributed by atoms with Gasteiger partial charge in [0.1, 0.15) is 4.83 Å². The quantitative estimate of drug-likeness (QED) is 0.167. The minimum Gasteiger partial charge on any atom is -0.486 e. The van der Waals surface area contributed by atoms with E-state index < -0.39 is 0 Å². The molecule has 4 nitrogen and oxygen atoms in total. The number of hydrogen-bond acceptors (Lipinski definition) is 5. The Bertz CT molecular complexity index is 1980. The van der Waals surface area contributed by atoms with E-state index >= 15 is 0 Å². The van der Waals surface area contributed by atoms with Gasteiger partial charge in [0.25, 0.3) is 0 Å². The van der Waals surface area contributed by atoms with Gasteiger partial charge < -0.3 is 9.40 Å². The molecule has 0 atom stereocenters. The first-order chi connectivity index (χ1) is 19.6. The third-order valence-electron chi connectivity index (χ3n) is 7.41. The summed E-state index contributed by atoms with van der Waals surface area (Å²) in [7, 11) is 0. The smallest absolute Gasteiger partial charge is 0.216 e. The Morgan fingerprint density at radius 3 is 2.46 bits per heavy atom. The van der Waals surface area contributed by atoms with Gasteiger partial charge >= 0.3 is 0 Å². The Balaban J connectivity index is 0.000000183. The molecule has 0 N–H and O–H groups in total. The third kappa shape index (κ3) is 5.36. The maximum atomic E-state index is 6.13. The van der Waals surface area contributed by atoms with Crippen molar-refractivity contribution in [1.29, 1.82) is 0 Å². The van der Waals surface area contributed by atoms with Crippen LogP contribution in [0.2, 0.25) is 0 Å². The second-order valence-electron chi connectivity index (χ2n) is 10.3. The number of aromatic nitrogens is 3. The van der Waals surface area contributed by atoms with Crippen molar-refractivity contribution in [3.05, 3.63) is 113 Å². The van der Waals surface area contributed by atoms with Crippen LogP contribution >= 0.6 is 11.3 Å². The molecule has 5 heterocycles. The molecule has 205 valence electrons. The average Bonchev–Trinajstić information content (AvgIpc) is 3.55. The fourth-order valence-electron chi connectivity index (χ4n) is 5.36. The molecule has 1 aliphatic rings. The number of furan rings is 1. The van der Waals surface area contributed by atoms with Gasteiger partial charge in [0, 0.05) is 47.6 Å². The molecule has 0 fully saturated rings. The molecule has 5 aromatic heterocycles. The molecule has 2 aromatic carbocycles. The van der Waals surface area contributed by atoms with Crippen LogP contribution in [-0.2, 0) is 32.9 Å². The maximum Gasteiger partial charge on any atom is 0.216 e. The standard InChI is InChI=1S/C23H17N2OS.C12H10N.Ir/c1-13-9-10-16-15-6-4-7-18(21(15)26-22(16)24-13)19-12-11-17-14-5-2-3-8-20(14)27-23(17)25-19;1-10-7-8-12(13-9-10)11-5-3-2-4-6-11;/h4,6,9-12H,2-3,5,8H2,1H3;2-5,7-9H,1H3;/q2*-1;. The van der Waals surface area contributed by atoms with Gasteiger partial charge in [-0.15, -0.1) is 65.4 Å². The molecule has 0 aliphatic heterocycles. The summed E-state index contributed by atoms with van der Waals surface area (Å²) in [5.41, 5.74) is 9.01. The van der Waals surface area contributed by atoms with Crippen LogP contribution in [0.4, 0.5) is 0 Å². The number of aryl methyl sites for hydroxylation is 4. The Hall–Kier alpha value is -3.70. The second-order valence-corrected chi connectivity index (χ2v) is 11.3. The van der Waals surface area contributed by atoms with Crippen molar-refractivity contribution in [1.82, 2.24) is 15.0 Å². The number of nitrogens with zero attached hydrogens (tertiary/aromatic N) is 3. The Morgan fingerprint density at radius 1 is 0.780 bits per heavy atom. The summed E-state index contributed by atoms with van der Waals surface area (Å²) in [4.78, 5) is 16.5. The largest absolute Gasteiger partial charge is 0.486 e. The van der Waals surface area contributed by atoms with Gasteiger partial charge in [-0.3, -0.25) is 4.98 Å². The number of rotatable bonds is 2. The molecule has 0 saturated heterocycles. The van der Waals surface area contributed by atoms with E-state index in [4.69, 9.17) is 9.40 Å². The first-order valence-corrected chi connectivity index (χ1v) is 14.5. The van der Waals surface area contributed by atoms with E-state index in [1.165, 1.54) is 47.1 Å². The zero-order valence-corrected chi connectivity index (χ0v) is 26.0. The summed E-state index contributed by atoms with van der Waals surface area (Å²) in [6.07, 6.45) is 6.84. The van der Waals surface area contributed by atoms with Gasteiger partial charge in [0.05, 0.1) is 5.58 Å². The minimum atomic E-state index is 0. The summed E-state index contributed by atoms with van der Waals surface area (Å²) >= 11 is 1.85. The average molecular weight is 730 g/mol. The summed E-state index contributed by atoms with van der Waals surface area (Å²) in [6.45, 7) is 4.01. The van der Waals surface area contributed by atoms with Gasteiger partial charge in [-0.25, -0.2) is 4.98 Å². The molecule has 0 unspecified atom stereocenters. The monoisotopic (exact) mass is 730 g/mol. The zero-order valence-electron chi connectivity index (χ0n) is 22.8. The Kier molecular flexibility index (Phi) is 7.81. The van der Waals surface area contributed by atoms with Crippen molar-refractivity contribution in [3.8, 4) is 22.5 Å². The SMILES string of the molecule is Cc1ccc(-c2[c-]cccc2)nc1.Cc1ccc2c(n1)oc1c(-c3ccc4c5c(sc4n3)CCCC5)[c-]ccc12.[Ir]. The third-order valence-corrected chi connectivity index (χ3v) is 8.61. The Morgan fingerprint density at radius 2 is 1.63 bits per heavy atom. The van der Waals surface area contributed by atoms with E-state index in [-0.39, 0.29) is 20.1 Å². The first-order valence-electron chi connectivity index (χ1n) is 13.7. The van der Waals surface area contributed by atoms with Crippen LogP contribution in [-0.4, -0.2) is 15.0 Å². The van der Waals surface area contributed by atoms with Gasteiger partial charge in [0.2, 0.25) is 5.71 Å². The van der Waals surface area contributed by atoms with Crippen LogP contribution < -0.4 is 0 Å². The molecule has 7 aromatic rings. The summed E-state index contributed by atoms with van der Waals surface area (Å²) in [5, 5.41) is 3.43. The van der Waals surface area contributed by atoms with Gasteiger partial charge in [0.15, 0.2) is 0 Å². The molecule has 0 spiro atoms. The molecule has 1 aliphatic carbocycles. The van der Waals surface area contributed by atoms with Crippen LogP contribution in [0.15, 0.2) is 83.4 Å². The van der Waals surface area contributed by atoms with Crippen LogP contribution in [0.25, 0.3) is 54.8 Å². The van der Waals surface area contributed by atoms with Gasteiger partial charge in [-0.05, 0) is 74.2 Å². The molecule has 6 heteroatoms. The van der Waals surface area contributed by atoms with Crippen molar-refractivity contribution >= 4 is 43.6 Å². The van der Waals surface area contributed by atoms with E-state index in [1.54, 1.807) is 0 Å². The molecule has 0 amide bonds. The molecular weight excluding hydrogens is 703 g/mol. The number of thiophene rings is 1. The molecular formula is C35H27IrN3OS-2. The normalized spacial score (nSPS) is 12.5. The van der Waals surface area contributed by atoms with Crippen LogP contribution in [0.1, 0.15) is 34.5 Å². The van der Waals surface area contributed by atoms with Crippen LogP contribution in [0.5, 0.6) is 0 Å². The number of pyridine rings is 3. The fraction of sp³-hybridized carbons (Fsp3) is 0.171. The van der Waals surface area contributed by atoms with Gasteiger partial charge in [-0.2, -0.15) is 0 Å². The number of fused-ring (bicyclic) bond motifs is 6. The van der Waals surface area contributed by atoms with Crippen molar-refractivity contribution in [2.45, 2.75) is 39.5 Å². The second kappa shape index (κ2) is 11.7. The fourth-order valence-corrected chi connectivity index (χ4v) is 6.62. The first kappa shape index (κ1) is 27.5. The van der Waals surface area contributed by atoms with Crippen LogP contribution in [0, 0.1) is 26.0 Å². The van der Waals surface area contributed by atoms with Crippen molar-refractivity contribution in [2.75, 3.05) is 0 Å². The van der Waals surface area contributed by atoms with Gasteiger partial charge in [-0.1, -0.05) is 35.2 Å². The maximum absolute atomic E-state index is 6.13. The molecule has 41 heavy (non-hydrogen) atoms. The zero-order chi connectivity index (χ0) is 27.1. The molecule has 0 bridgehead atoms. The molecule has 1 radical (unpaired) electrons.